The summed E-state index contributed by atoms with van der Waals surface area (Å²) in [5, 5.41) is 11.5. The summed E-state index contributed by atoms with van der Waals surface area (Å²) in [6, 6.07) is 4.97. The second kappa shape index (κ2) is 5.99. The molecule has 6 heteroatoms. The van der Waals surface area contributed by atoms with E-state index in [0.29, 0.717) is 12.1 Å². The van der Waals surface area contributed by atoms with Gasteiger partial charge >= 0.3 is 0 Å². The molecule has 1 heterocycles. The van der Waals surface area contributed by atoms with Crippen LogP contribution in [0.3, 0.4) is 0 Å². The van der Waals surface area contributed by atoms with Gasteiger partial charge in [-0.3, -0.25) is 4.90 Å². The van der Waals surface area contributed by atoms with E-state index in [1.165, 1.54) is 6.07 Å². The number of likely N-dealkylation sites (N-methyl/N-ethyl adjacent to an activating group) is 1. The molecule has 104 valence electrons. The lowest BCUT2D eigenvalue weighted by atomic mass is 10.1. The van der Waals surface area contributed by atoms with Crippen molar-refractivity contribution in [3.8, 4) is 0 Å². The monoisotopic (exact) mass is 266 g/mol. The van der Waals surface area contributed by atoms with Crippen molar-refractivity contribution in [3.05, 3.63) is 35.1 Å². The Morgan fingerprint density at radius 2 is 2.05 bits per heavy atom. The van der Waals surface area contributed by atoms with Crippen molar-refractivity contribution in [2.45, 2.75) is 6.54 Å². The Bertz CT molecular complexity index is 470. The molecule has 0 unspecified atom stereocenters. The van der Waals surface area contributed by atoms with Gasteiger partial charge in [0.05, 0.1) is 5.56 Å². The fourth-order valence-electron chi connectivity index (χ4n) is 2.20. The summed E-state index contributed by atoms with van der Waals surface area (Å²) < 4.78 is 14.2. The van der Waals surface area contributed by atoms with Crippen LogP contribution in [0.1, 0.15) is 11.1 Å². The first-order chi connectivity index (χ1) is 9.11. The first-order valence-electron chi connectivity index (χ1n) is 6.28. The Morgan fingerprint density at radius 3 is 2.68 bits per heavy atom. The van der Waals surface area contributed by atoms with Crippen LogP contribution >= 0.6 is 0 Å². The number of nitrogens with zero attached hydrogens (tertiary/aromatic N) is 3. The molecule has 0 amide bonds. The molecular formula is C13H19FN4O. The number of hydrogen-bond acceptors (Lipinski definition) is 4. The molecule has 1 aliphatic rings. The average Bonchev–Trinajstić information content (AvgIpc) is 2.43. The number of benzene rings is 1. The highest BCUT2D eigenvalue weighted by Gasteiger charge is 2.17. The molecule has 1 aromatic rings. The van der Waals surface area contributed by atoms with Gasteiger partial charge in [-0.05, 0) is 13.1 Å². The molecule has 19 heavy (non-hydrogen) atoms. The molecule has 3 N–H and O–H groups in total. The number of halogens is 1. The zero-order valence-corrected chi connectivity index (χ0v) is 11.0. The molecule has 0 bridgehead atoms. The van der Waals surface area contributed by atoms with Crippen molar-refractivity contribution in [1.82, 2.24) is 9.80 Å². The molecule has 0 aromatic heterocycles. The maximum absolute atomic E-state index is 14.2. The summed E-state index contributed by atoms with van der Waals surface area (Å²) in [6.07, 6.45) is 0. The van der Waals surface area contributed by atoms with Gasteiger partial charge in [0.2, 0.25) is 0 Å². The summed E-state index contributed by atoms with van der Waals surface area (Å²) in [4.78, 5) is 4.45. The van der Waals surface area contributed by atoms with E-state index in [1.807, 2.05) is 0 Å². The van der Waals surface area contributed by atoms with E-state index in [1.54, 1.807) is 12.1 Å². The summed E-state index contributed by atoms with van der Waals surface area (Å²) >= 11 is 0. The molecule has 1 aromatic carbocycles. The highest BCUT2D eigenvalue weighted by atomic mass is 19.1. The minimum Gasteiger partial charge on any atom is -0.409 e. The van der Waals surface area contributed by atoms with Gasteiger partial charge < -0.3 is 15.8 Å². The second-order valence-corrected chi connectivity index (χ2v) is 4.84. The third-order valence-electron chi connectivity index (χ3n) is 3.45. The number of amidine groups is 1. The maximum Gasteiger partial charge on any atom is 0.173 e. The maximum atomic E-state index is 14.2. The fraction of sp³-hybridized carbons (Fsp3) is 0.462. The topological polar surface area (TPSA) is 65.1 Å². The van der Waals surface area contributed by atoms with E-state index in [0.717, 1.165) is 26.2 Å². The van der Waals surface area contributed by atoms with Gasteiger partial charge in [-0.25, -0.2) is 4.39 Å². The van der Waals surface area contributed by atoms with Crippen LogP contribution in [-0.2, 0) is 6.54 Å². The van der Waals surface area contributed by atoms with Crippen LogP contribution in [0.25, 0.3) is 0 Å². The van der Waals surface area contributed by atoms with Crippen LogP contribution in [0.5, 0.6) is 0 Å². The smallest absolute Gasteiger partial charge is 0.173 e. The van der Waals surface area contributed by atoms with Gasteiger partial charge in [-0.15, -0.1) is 0 Å². The van der Waals surface area contributed by atoms with Crippen molar-refractivity contribution in [2.75, 3.05) is 33.2 Å². The molecule has 0 aliphatic carbocycles. The second-order valence-electron chi connectivity index (χ2n) is 4.84. The molecule has 1 fully saturated rings. The molecule has 0 spiro atoms. The summed E-state index contributed by atoms with van der Waals surface area (Å²) in [5.41, 5.74) is 6.18. The summed E-state index contributed by atoms with van der Waals surface area (Å²) in [5.74, 6) is -0.602. The van der Waals surface area contributed by atoms with E-state index in [2.05, 4.69) is 22.0 Å². The zero-order chi connectivity index (χ0) is 13.8. The van der Waals surface area contributed by atoms with Gasteiger partial charge in [0.25, 0.3) is 0 Å². The van der Waals surface area contributed by atoms with Crippen molar-refractivity contribution in [1.29, 1.82) is 0 Å². The molecule has 1 saturated heterocycles. The molecule has 0 radical (unpaired) electrons. The lowest BCUT2D eigenvalue weighted by molar-refractivity contribution is 0.147. The Kier molecular flexibility index (Phi) is 4.34. The Morgan fingerprint density at radius 1 is 1.37 bits per heavy atom. The van der Waals surface area contributed by atoms with E-state index >= 15 is 0 Å². The number of piperazine rings is 1. The Labute approximate surface area is 112 Å². The van der Waals surface area contributed by atoms with Gasteiger partial charge in [0.1, 0.15) is 5.82 Å². The molecule has 0 atom stereocenters. The van der Waals surface area contributed by atoms with E-state index < -0.39 is 5.82 Å². The molecule has 2 rings (SSSR count). The normalized spacial score (nSPS) is 18.7. The summed E-state index contributed by atoms with van der Waals surface area (Å²) in [6.45, 7) is 4.36. The highest BCUT2D eigenvalue weighted by Crippen LogP contribution is 2.16. The quantitative estimate of drug-likeness (QED) is 0.365. The molecule has 5 nitrogen and oxygen atoms in total. The summed E-state index contributed by atoms with van der Waals surface area (Å²) in [7, 11) is 2.08. The van der Waals surface area contributed by atoms with Crippen LogP contribution in [0.4, 0.5) is 4.39 Å². The highest BCUT2D eigenvalue weighted by molar-refractivity contribution is 5.97. The van der Waals surface area contributed by atoms with Crippen molar-refractivity contribution < 1.29 is 9.60 Å². The Balaban J connectivity index is 2.13. The van der Waals surface area contributed by atoms with Gasteiger partial charge in [-0.2, -0.15) is 0 Å². The third-order valence-corrected chi connectivity index (χ3v) is 3.45. The lowest BCUT2D eigenvalue weighted by Gasteiger charge is -2.32. The van der Waals surface area contributed by atoms with Gasteiger partial charge in [0, 0.05) is 38.3 Å². The van der Waals surface area contributed by atoms with Crippen LogP contribution < -0.4 is 5.73 Å². The average molecular weight is 266 g/mol. The first-order valence-corrected chi connectivity index (χ1v) is 6.28. The van der Waals surface area contributed by atoms with E-state index in [9.17, 15) is 4.39 Å². The lowest BCUT2D eigenvalue weighted by Crippen LogP contribution is -2.44. The molecular weight excluding hydrogens is 247 g/mol. The fourth-order valence-corrected chi connectivity index (χ4v) is 2.20. The van der Waals surface area contributed by atoms with Crippen LogP contribution in [-0.4, -0.2) is 54.1 Å². The number of rotatable bonds is 3. The van der Waals surface area contributed by atoms with E-state index in [-0.39, 0.29) is 11.4 Å². The standard InChI is InChI=1S/C13H19FN4O/c1-17-5-7-18(8-6-17)9-10-3-2-4-11(12(10)14)13(15)16-19/h2-4,19H,5-9H2,1H3,(H2,15,16). The molecule has 1 aliphatic heterocycles. The van der Waals surface area contributed by atoms with Crippen LogP contribution in [0, 0.1) is 5.82 Å². The van der Waals surface area contributed by atoms with Crippen molar-refractivity contribution in [3.63, 3.8) is 0 Å². The van der Waals surface area contributed by atoms with Crippen LogP contribution in [0.15, 0.2) is 23.4 Å². The predicted molar refractivity (Wildman–Crippen MR) is 71.7 cm³/mol. The SMILES string of the molecule is CN1CCN(Cc2cccc(/C(N)=N/O)c2F)CC1. The largest absolute Gasteiger partial charge is 0.409 e. The number of hydrogen-bond donors (Lipinski definition) is 2. The third kappa shape index (κ3) is 3.21. The van der Waals surface area contributed by atoms with Gasteiger partial charge in [0.15, 0.2) is 5.84 Å². The first kappa shape index (κ1) is 13.8. The van der Waals surface area contributed by atoms with E-state index in [4.69, 9.17) is 10.9 Å². The number of nitrogens with two attached hydrogens (primary N) is 1. The number of oxime groups is 1. The minimum atomic E-state index is -0.406. The zero-order valence-electron chi connectivity index (χ0n) is 11.0. The van der Waals surface area contributed by atoms with Crippen molar-refractivity contribution >= 4 is 5.84 Å². The minimum absolute atomic E-state index is 0.147. The van der Waals surface area contributed by atoms with Crippen molar-refractivity contribution in [2.24, 2.45) is 10.9 Å². The predicted octanol–water partition coefficient (Wildman–Crippen LogP) is 0.668. The molecule has 0 saturated carbocycles. The Hall–Kier alpha value is -1.66. The van der Waals surface area contributed by atoms with Gasteiger partial charge in [-0.1, -0.05) is 17.3 Å². The van der Waals surface area contributed by atoms with Crippen LogP contribution in [0.2, 0.25) is 0 Å².